The molecule has 0 unspecified atom stereocenters. The molecule has 2 amide bonds. The molecule has 0 aliphatic heterocycles. The third-order valence-corrected chi connectivity index (χ3v) is 6.71. The molecule has 0 saturated heterocycles. The van der Waals surface area contributed by atoms with Crippen molar-refractivity contribution in [1.82, 2.24) is 10.6 Å². The van der Waals surface area contributed by atoms with Crippen LogP contribution >= 0.6 is 0 Å². The monoisotopic (exact) mass is 466 g/mol. The van der Waals surface area contributed by atoms with Crippen LogP contribution in [-0.2, 0) is 14.3 Å². The number of aliphatic hydroxyl groups is 1. The molecule has 2 aliphatic rings. The van der Waals surface area contributed by atoms with Crippen LogP contribution in [0.1, 0.15) is 49.1 Å². The smallest absolute Gasteiger partial charge is 0.407 e. The number of carboxylic acid groups (broad SMARTS) is 1. The van der Waals surface area contributed by atoms with Crippen LogP contribution in [0.25, 0.3) is 11.1 Å². The molecule has 0 spiro atoms. The second-order valence-corrected chi connectivity index (χ2v) is 8.96. The van der Waals surface area contributed by atoms with E-state index in [2.05, 4.69) is 34.9 Å². The molecule has 2 aromatic carbocycles. The molecule has 0 heterocycles. The molecular formula is C26H30N2O6. The van der Waals surface area contributed by atoms with Gasteiger partial charge in [0.1, 0.15) is 6.61 Å². The second-order valence-electron chi connectivity index (χ2n) is 8.96. The maximum absolute atomic E-state index is 12.6. The molecule has 0 aromatic heterocycles. The molecule has 4 N–H and O–H groups in total. The summed E-state index contributed by atoms with van der Waals surface area (Å²) in [7, 11) is 0. The van der Waals surface area contributed by atoms with Gasteiger partial charge in [0.25, 0.3) is 0 Å². The summed E-state index contributed by atoms with van der Waals surface area (Å²) in [6.45, 7) is 0.329. The fourth-order valence-corrected chi connectivity index (χ4v) is 4.97. The predicted octanol–water partition coefficient (Wildman–Crippen LogP) is 3.04. The first-order valence-corrected chi connectivity index (χ1v) is 11.7. The molecule has 1 fully saturated rings. The van der Waals surface area contributed by atoms with E-state index in [4.69, 9.17) is 9.84 Å². The molecule has 0 radical (unpaired) electrons. The maximum Gasteiger partial charge on any atom is 0.407 e. The maximum atomic E-state index is 12.6. The molecule has 34 heavy (non-hydrogen) atoms. The van der Waals surface area contributed by atoms with Crippen LogP contribution in [0.3, 0.4) is 0 Å². The lowest BCUT2D eigenvalue weighted by Gasteiger charge is -2.29. The topological polar surface area (TPSA) is 125 Å². The molecule has 8 heteroatoms. The fourth-order valence-electron chi connectivity index (χ4n) is 4.97. The van der Waals surface area contributed by atoms with Crippen LogP contribution in [0.15, 0.2) is 48.5 Å². The zero-order valence-corrected chi connectivity index (χ0v) is 18.9. The molecule has 3 atom stereocenters. The normalized spacial score (nSPS) is 20.0. The van der Waals surface area contributed by atoms with Crippen molar-refractivity contribution in [2.45, 2.75) is 50.2 Å². The predicted molar refractivity (Wildman–Crippen MR) is 125 cm³/mol. The SMILES string of the molecule is O=C(N[C@H]1CCC[C@@H](C(=O)NCC[C@H](O)C(=O)O)C1)OCC1c2ccccc2-c2ccccc21. The number of benzene rings is 2. The van der Waals surface area contributed by atoms with Gasteiger partial charge in [0, 0.05) is 30.8 Å². The van der Waals surface area contributed by atoms with Crippen molar-refractivity contribution in [1.29, 1.82) is 0 Å². The zero-order valence-electron chi connectivity index (χ0n) is 18.9. The molecule has 1 saturated carbocycles. The Morgan fingerprint density at radius 1 is 1.00 bits per heavy atom. The molecular weight excluding hydrogens is 436 g/mol. The number of hydrogen-bond donors (Lipinski definition) is 4. The number of alkyl carbamates (subject to hydrolysis) is 1. The first-order chi connectivity index (χ1) is 16.4. The van der Waals surface area contributed by atoms with E-state index in [1.54, 1.807) is 0 Å². The van der Waals surface area contributed by atoms with Crippen LogP contribution in [0, 0.1) is 5.92 Å². The van der Waals surface area contributed by atoms with E-state index in [1.165, 1.54) is 11.1 Å². The van der Waals surface area contributed by atoms with Gasteiger partial charge in [0.2, 0.25) is 5.91 Å². The van der Waals surface area contributed by atoms with Crippen molar-refractivity contribution in [2.24, 2.45) is 5.92 Å². The summed E-state index contributed by atoms with van der Waals surface area (Å²) in [4.78, 5) is 35.7. The lowest BCUT2D eigenvalue weighted by molar-refractivity contribution is -0.147. The van der Waals surface area contributed by atoms with Crippen molar-refractivity contribution < 1.29 is 29.3 Å². The van der Waals surface area contributed by atoms with E-state index in [0.29, 0.717) is 12.8 Å². The third kappa shape index (κ3) is 5.39. The Balaban J connectivity index is 1.27. The van der Waals surface area contributed by atoms with Gasteiger partial charge < -0.3 is 25.6 Å². The average Bonchev–Trinajstić information content (AvgIpc) is 3.16. The van der Waals surface area contributed by atoms with Gasteiger partial charge in [-0.05, 0) is 41.5 Å². The number of amides is 2. The van der Waals surface area contributed by atoms with E-state index in [-0.39, 0.29) is 43.4 Å². The number of aliphatic hydroxyl groups excluding tert-OH is 1. The minimum absolute atomic E-state index is 0.0100. The lowest BCUT2D eigenvalue weighted by Crippen LogP contribution is -2.43. The number of ether oxygens (including phenoxy) is 1. The number of carbonyl (C=O) groups is 3. The van der Waals surface area contributed by atoms with Gasteiger partial charge in [0.15, 0.2) is 6.10 Å². The standard InChI is InChI=1S/C26H30N2O6/c29-23(25(31)32)12-13-27-24(30)16-6-5-7-17(14-16)28-26(33)34-15-22-20-10-3-1-8-18(20)19-9-2-4-11-21(19)22/h1-4,8-11,16-17,22-23,29H,5-7,12-15H2,(H,27,30)(H,28,33)(H,31,32)/t16-,17+,23+/m1/s1. The summed E-state index contributed by atoms with van der Waals surface area (Å²) in [5.41, 5.74) is 4.64. The van der Waals surface area contributed by atoms with Gasteiger partial charge in [0.05, 0.1) is 0 Å². The van der Waals surface area contributed by atoms with Crippen molar-refractivity contribution >= 4 is 18.0 Å². The minimum atomic E-state index is -1.49. The summed E-state index contributed by atoms with van der Waals surface area (Å²) in [5, 5.41) is 23.6. The van der Waals surface area contributed by atoms with Crippen LogP contribution in [0.5, 0.6) is 0 Å². The Morgan fingerprint density at radius 3 is 2.29 bits per heavy atom. The average molecular weight is 467 g/mol. The van der Waals surface area contributed by atoms with Crippen LogP contribution in [0.4, 0.5) is 4.79 Å². The number of rotatable bonds is 8. The Morgan fingerprint density at radius 2 is 1.65 bits per heavy atom. The number of hydrogen-bond acceptors (Lipinski definition) is 5. The van der Waals surface area contributed by atoms with Crippen LogP contribution < -0.4 is 10.6 Å². The molecule has 8 nitrogen and oxygen atoms in total. The van der Waals surface area contributed by atoms with Crippen molar-refractivity contribution in [3.63, 3.8) is 0 Å². The van der Waals surface area contributed by atoms with Crippen LogP contribution in [-0.4, -0.2) is 53.5 Å². The van der Waals surface area contributed by atoms with Gasteiger partial charge >= 0.3 is 12.1 Å². The van der Waals surface area contributed by atoms with Crippen molar-refractivity contribution in [3.8, 4) is 11.1 Å². The molecule has 2 aromatic rings. The Labute approximate surface area is 198 Å². The summed E-state index contributed by atoms with van der Waals surface area (Å²) in [6.07, 6.45) is 0.742. The number of aliphatic carboxylic acids is 1. The Bertz CT molecular complexity index is 1010. The summed E-state index contributed by atoms with van der Waals surface area (Å²) in [5.74, 6) is -1.77. The highest BCUT2D eigenvalue weighted by Gasteiger charge is 2.31. The summed E-state index contributed by atoms with van der Waals surface area (Å²) >= 11 is 0. The van der Waals surface area contributed by atoms with Gasteiger partial charge in [-0.3, -0.25) is 4.79 Å². The first-order valence-electron chi connectivity index (χ1n) is 11.7. The molecule has 4 rings (SSSR count). The highest BCUT2D eigenvalue weighted by molar-refractivity contribution is 5.80. The quantitative estimate of drug-likeness (QED) is 0.474. The minimum Gasteiger partial charge on any atom is -0.479 e. The zero-order chi connectivity index (χ0) is 24.1. The fraction of sp³-hybridized carbons (Fsp3) is 0.423. The second kappa shape index (κ2) is 10.7. The molecule has 0 bridgehead atoms. The highest BCUT2D eigenvalue weighted by atomic mass is 16.5. The number of fused-ring (bicyclic) bond motifs is 3. The Kier molecular flexibility index (Phi) is 7.47. The number of carboxylic acids is 1. The lowest BCUT2D eigenvalue weighted by atomic mass is 9.85. The number of nitrogens with one attached hydrogen (secondary N) is 2. The van der Waals surface area contributed by atoms with Gasteiger partial charge in [-0.25, -0.2) is 9.59 Å². The van der Waals surface area contributed by atoms with Crippen molar-refractivity contribution in [3.05, 3.63) is 59.7 Å². The highest BCUT2D eigenvalue weighted by Crippen LogP contribution is 2.44. The van der Waals surface area contributed by atoms with E-state index in [9.17, 15) is 19.5 Å². The number of carbonyl (C=O) groups excluding carboxylic acids is 2. The molecule has 2 aliphatic carbocycles. The van der Waals surface area contributed by atoms with Gasteiger partial charge in [-0.2, -0.15) is 0 Å². The first kappa shape index (κ1) is 23.8. The van der Waals surface area contributed by atoms with E-state index in [0.717, 1.165) is 24.0 Å². The van der Waals surface area contributed by atoms with Crippen molar-refractivity contribution in [2.75, 3.05) is 13.2 Å². The van der Waals surface area contributed by atoms with E-state index < -0.39 is 18.2 Å². The van der Waals surface area contributed by atoms with Gasteiger partial charge in [-0.15, -0.1) is 0 Å². The Hall–Kier alpha value is -3.39. The van der Waals surface area contributed by atoms with E-state index in [1.807, 2.05) is 24.3 Å². The summed E-state index contributed by atoms with van der Waals surface area (Å²) < 4.78 is 5.62. The van der Waals surface area contributed by atoms with Crippen LogP contribution in [0.2, 0.25) is 0 Å². The third-order valence-electron chi connectivity index (χ3n) is 6.71. The summed E-state index contributed by atoms with van der Waals surface area (Å²) in [6, 6.07) is 16.2. The van der Waals surface area contributed by atoms with Gasteiger partial charge in [-0.1, -0.05) is 55.0 Å². The molecule has 180 valence electrons. The van der Waals surface area contributed by atoms with E-state index >= 15 is 0 Å². The largest absolute Gasteiger partial charge is 0.479 e.